The predicted octanol–water partition coefficient (Wildman–Crippen LogP) is 3.43. The Morgan fingerprint density at radius 1 is 1.47 bits per heavy atom. The van der Waals surface area contributed by atoms with Gasteiger partial charge in [0.15, 0.2) is 0 Å². The van der Waals surface area contributed by atoms with Crippen LogP contribution in [-0.2, 0) is 5.67 Å². The number of hydrogen-bond acceptors (Lipinski definition) is 2. The highest BCUT2D eigenvalue weighted by molar-refractivity contribution is 9.10. The fraction of sp³-hybridized carbons (Fsp3) is 0.538. The smallest absolute Gasteiger partial charge is 0.130 e. The van der Waals surface area contributed by atoms with Gasteiger partial charge in [0.05, 0.1) is 0 Å². The molecule has 0 aromatic heterocycles. The molecule has 0 amide bonds. The van der Waals surface area contributed by atoms with Gasteiger partial charge in [0, 0.05) is 22.7 Å². The van der Waals surface area contributed by atoms with Gasteiger partial charge in [-0.2, -0.15) is 0 Å². The van der Waals surface area contributed by atoms with Crippen LogP contribution in [0.4, 0.5) is 10.1 Å². The first-order chi connectivity index (χ1) is 7.97. The molecular weight excluding hydrogens is 283 g/mol. The van der Waals surface area contributed by atoms with Gasteiger partial charge < -0.3 is 10.6 Å². The van der Waals surface area contributed by atoms with Gasteiger partial charge in [-0.15, -0.1) is 0 Å². The molecule has 0 radical (unpaired) electrons. The number of alkyl halides is 1. The van der Waals surface area contributed by atoms with Crippen LogP contribution in [0.25, 0.3) is 0 Å². The van der Waals surface area contributed by atoms with Crippen molar-refractivity contribution in [2.45, 2.75) is 32.0 Å². The fourth-order valence-corrected chi connectivity index (χ4v) is 2.49. The second-order valence-corrected chi connectivity index (χ2v) is 5.86. The predicted molar refractivity (Wildman–Crippen MR) is 73.2 cm³/mol. The first-order valence-corrected chi connectivity index (χ1v) is 6.72. The van der Waals surface area contributed by atoms with E-state index >= 15 is 0 Å². The minimum atomic E-state index is -1.30. The summed E-state index contributed by atoms with van der Waals surface area (Å²) >= 11 is 3.50. The SMILES string of the molecule is CC(C)(F)c1ccc(NC2CCNC2)c(Br)c1. The van der Waals surface area contributed by atoms with Crippen LogP contribution in [0.3, 0.4) is 0 Å². The van der Waals surface area contributed by atoms with E-state index in [1.165, 1.54) is 0 Å². The lowest BCUT2D eigenvalue weighted by molar-refractivity contribution is 0.221. The van der Waals surface area contributed by atoms with Gasteiger partial charge in [0.2, 0.25) is 0 Å². The lowest BCUT2D eigenvalue weighted by atomic mass is 10.00. The summed E-state index contributed by atoms with van der Waals surface area (Å²) in [6.45, 7) is 5.19. The van der Waals surface area contributed by atoms with E-state index in [2.05, 4.69) is 26.6 Å². The first kappa shape index (κ1) is 12.8. The van der Waals surface area contributed by atoms with Crippen LogP contribution in [-0.4, -0.2) is 19.1 Å². The van der Waals surface area contributed by atoms with Crippen LogP contribution in [0.2, 0.25) is 0 Å². The van der Waals surface area contributed by atoms with Gasteiger partial charge in [-0.25, -0.2) is 4.39 Å². The van der Waals surface area contributed by atoms with Crippen molar-refractivity contribution < 1.29 is 4.39 Å². The normalized spacial score (nSPS) is 20.6. The van der Waals surface area contributed by atoms with Gasteiger partial charge in [-0.1, -0.05) is 6.07 Å². The van der Waals surface area contributed by atoms with Crippen molar-refractivity contribution >= 4 is 21.6 Å². The summed E-state index contributed by atoms with van der Waals surface area (Å²) < 4.78 is 14.7. The molecule has 1 aliphatic heterocycles. The molecule has 17 heavy (non-hydrogen) atoms. The van der Waals surface area contributed by atoms with Crippen LogP contribution in [0.15, 0.2) is 22.7 Å². The molecule has 1 heterocycles. The highest BCUT2D eigenvalue weighted by Gasteiger charge is 2.20. The molecular formula is C13H18BrFN2. The Kier molecular flexibility index (Phi) is 3.73. The third-order valence-corrected chi connectivity index (χ3v) is 3.73. The van der Waals surface area contributed by atoms with E-state index in [-0.39, 0.29) is 0 Å². The van der Waals surface area contributed by atoms with Crippen LogP contribution in [0, 0.1) is 0 Å². The summed E-state index contributed by atoms with van der Waals surface area (Å²) in [6.07, 6.45) is 1.13. The monoisotopic (exact) mass is 300 g/mol. The van der Waals surface area contributed by atoms with E-state index in [0.717, 1.165) is 29.7 Å². The second kappa shape index (κ2) is 4.94. The van der Waals surface area contributed by atoms with E-state index < -0.39 is 5.67 Å². The Bertz CT molecular complexity index is 395. The zero-order valence-corrected chi connectivity index (χ0v) is 11.8. The van der Waals surface area contributed by atoms with Crippen LogP contribution in [0.5, 0.6) is 0 Å². The lowest BCUT2D eigenvalue weighted by Gasteiger charge is -2.18. The Morgan fingerprint density at radius 2 is 2.24 bits per heavy atom. The zero-order valence-electron chi connectivity index (χ0n) is 10.2. The topological polar surface area (TPSA) is 24.1 Å². The minimum Gasteiger partial charge on any atom is -0.380 e. The molecule has 1 unspecified atom stereocenters. The van der Waals surface area contributed by atoms with E-state index in [1.54, 1.807) is 13.8 Å². The zero-order chi connectivity index (χ0) is 12.5. The molecule has 1 aromatic rings. The Hall–Kier alpha value is -0.610. The lowest BCUT2D eigenvalue weighted by Crippen LogP contribution is -2.22. The molecule has 0 saturated carbocycles. The highest BCUT2D eigenvalue weighted by atomic mass is 79.9. The summed E-state index contributed by atoms with van der Waals surface area (Å²) in [5.74, 6) is 0. The van der Waals surface area contributed by atoms with Gasteiger partial charge >= 0.3 is 0 Å². The van der Waals surface area contributed by atoms with Gasteiger partial charge in [0.1, 0.15) is 5.67 Å². The quantitative estimate of drug-likeness (QED) is 0.894. The highest BCUT2D eigenvalue weighted by Crippen LogP contribution is 2.31. The van der Waals surface area contributed by atoms with E-state index in [9.17, 15) is 4.39 Å². The molecule has 1 saturated heterocycles. The molecule has 1 aliphatic rings. The number of hydrogen-bond donors (Lipinski definition) is 2. The molecule has 2 N–H and O–H groups in total. The van der Waals surface area contributed by atoms with Crippen molar-refractivity contribution in [1.82, 2.24) is 5.32 Å². The number of benzene rings is 1. The molecule has 1 atom stereocenters. The molecule has 1 aromatic carbocycles. The standard InChI is InChI=1S/C13H18BrFN2/c1-13(2,15)9-3-4-12(11(14)7-9)17-10-5-6-16-8-10/h3-4,7,10,16-17H,5-6,8H2,1-2H3. The van der Waals surface area contributed by atoms with Crippen molar-refractivity contribution in [3.63, 3.8) is 0 Å². The van der Waals surface area contributed by atoms with E-state index in [1.807, 2.05) is 18.2 Å². The average Bonchev–Trinajstić information content (AvgIpc) is 2.72. The van der Waals surface area contributed by atoms with Crippen LogP contribution >= 0.6 is 15.9 Å². The summed E-state index contributed by atoms with van der Waals surface area (Å²) in [7, 11) is 0. The van der Waals surface area contributed by atoms with Crippen LogP contribution in [0.1, 0.15) is 25.8 Å². The van der Waals surface area contributed by atoms with Gasteiger partial charge in [-0.3, -0.25) is 0 Å². The fourth-order valence-electron chi connectivity index (χ4n) is 2.00. The van der Waals surface area contributed by atoms with Crippen molar-refractivity contribution in [2.24, 2.45) is 0 Å². The maximum atomic E-state index is 13.8. The maximum absolute atomic E-state index is 13.8. The number of nitrogens with one attached hydrogen (secondary N) is 2. The third kappa shape index (κ3) is 3.19. The number of anilines is 1. The molecule has 2 nitrogen and oxygen atoms in total. The third-order valence-electron chi connectivity index (χ3n) is 3.08. The van der Waals surface area contributed by atoms with E-state index in [4.69, 9.17) is 0 Å². The molecule has 0 spiro atoms. The molecule has 1 fully saturated rings. The Morgan fingerprint density at radius 3 is 2.76 bits per heavy atom. The summed E-state index contributed by atoms with van der Waals surface area (Å²) in [4.78, 5) is 0. The number of halogens is 2. The second-order valence-electron chi connectivity index (χ2n) is 5.00. The van der Waals surface area contributed by atoms with E-state index in [0.29, 0.717) is 11.6 Å². The minimum absolute atomic E-state index is 0.468. The largest absolute Gasteiger partial charge is 0.380 e. The van der Waals surface area contributed by atoms with Crippen molar-refractivity contribution in [3.05, 3.63) is 28.2 Å². The average molecular weight is 301 g/mol. The molecule has 0 bridgehead atoms. The summed E-state index contributed by atoms with van der Waals surface area (Å²) in [5.41, 5.74) is 0.432. The van der Waals surface area contributed by atoms with Crippen molar-refractivity contribution in [3.8, 4) is 0 Å². The maximum Gasteiger partial charge on any atom is 0.130 e. The molecule has 94 valence electrons. The van der Waals surface area contributed by atoms with Gasteiger partial charge in [-0.05, 0) is 60.4 Å². The Balaban J connectivity index is 2.14. The molecule has 4 heteroatoms. The van der Waals surface area contributed by atoms with Crippen LogP contribution < -0.4 is 10.6 Å². The Labute approximate surface area is 110 Å². The first-order valence-electron chi connectivity index (χ1n) is 5.93. The summed E-state index contributed by atoms with van der Waals surface area (Å²) in [5, 5.41) is 6.77. The van der Waals surface area contributed by atoms with Gasteiger partial charge in [0.25, 0.3) is 0 Å². The number of rotatable bonds is 3. The molecule has 2 rings (SSSR count). The summed E-state index contributed by atoms with van der Waals surface area (Å²) in [6, 6.07) is 6.11. The van der Waals surface area contributed by atoms with Crippen molar-refractivity contribution in [2.75, 3.05) is 18.4 Å². The molecule has 0 aliphatic carbocycles. The van der Waals surface area contributed by atoms with Crippen molar-refractivity contribution in [1.29, 1.82) is 0 Å².